The molecule has 4 heteroatoms. The van der Waals surface area contributed by atoms with E-state index in [2.05, 4.69) is 15.3 Å². The van der Waals surface area contributed by atoms with Gasteiger partial charge < -0.3 is 5.32 Å². The van der Waals surface area contributed by atoms with E-state index in [0.29, 0.717) is 17.4 Å². The predicted octanol–water partition coefficient (Wildman–Crippen LogP) is 3.05. The van der Waals surface area contributed by atoms with Gasteiger partial charge in [-0.25, -0.2) is 4.98 Å². The Bertz CT molecular complexity index is 468. The third kappa shape index (κ3) is 2.70. The largest absolute Gasteiger partial charge is 0.365 e. The highest BCUT2D eigenvalue weighted by molar-refractivity contribution is 6.32. The Balaban J connectivity index is 2.02. The highest BCUT2D eigenvalue weighted by atomic mass is 35.5. The topological polar surface area (TPSA) is 37.8 Å². The first kappa shape index (κ1) is 10.9. The Morgan fingerprint density at radius 3 is 2.81 bits per heavy atom. The van der Waals surface area contributed by atoms with E-state index in [1.807, 2.05) is 31.3 Å². The molecule has 2 aromatic rings. The summed E-state index contributed by atoms with van der Waals surface area (Å²) >= 11 is 5.98. The molecular formula is C12H12ClN3. The van der Waals surface area contributed by atoms with Crippen LogP contribution in [0, 0.1) is 6.92 Å². The van der Waals surface area contributed by atoms with Crippen molar-refractivity contribution in [1.29, 1.82) is 0 Å². The second-order valence-corrected chi connectivity index (χ2v) is 3.90. The van der Waals surface area contributed by atoms with Crippen molar-refractivity contribution in [1.82, 2.24) is 9.97 Å². The Labute approximate surface area is 99.5 Å². The monoisotopic (exact) mass is 233 g/mol. The van der Waals surface area contributed by atoms with Crippen molar-refractivity contribution >= 4 is 17.4 Å². The standard InChI is InChI=1S/C12H12ClN3/c1-9-4-5-10(7-15-9)8-16-12-11(13)3-2-6-14-12/h2-7H,8H2,1H3,(H,14,16). The minimum atomic E-state index is 0.627. The minimum Gasteiger partial charge on any atom is -0.365 e. The van der Waals surface area contributed by atoms with Crippen LogP contribution in [0.15, 0.2) is 36.7 Å². The van der Waals surface area contributed by atoms with Gasteiger partial charge >= 0.3 is 0 Å². The first-order valence-electron chi connectivity index (χ1n) is 5.01. The molecule has 2 rings (SSSR count). The molecular weight excluding hydrogens is 222 g/mol. The Morgan fingerprint density at radius 2 is 2.12 bits per heavy atom. The molecule has 0 unspecified atom stereocenters. The average molecular weight is 234 g/mol. The van der Waals surface area contributed by atoms with Gasteiger partial charge in [0.2, 0.25) is 0 Å². The van der Waals surface area contributed by atoms with E-state index in [0.717, 1.165) is 11.3 Å². The number of rotatable bonds is 3. The maximum atomic E-state index is 5.98. The van der Waals surface area contributed by atoms with Crippen molar-refractivity contribution < 1.29 is 0 Å². The molecule has 3 nitrogen and oxygen atoms in total. The number of anilines is 1. The molecule has 0 aliphatic rings. The van der Waals surface area contributed by atoms with Crippen LogP contribution in [-0.4, -0.2) is 9.97 Å². The first-order chi connectivity index (χ1) is 7.75. The lowest BCUT2D eigenvalue weighted by molar-refractivity contribution is 1.07. The number of nitrogens with zero attached hydrogens (tertiary/aromatic N) is 2. The van der Waals surface area contributed by atoms with E-state index in [-0.39, 0.29) is 0 Å². The zero-order valence-electron chi connectivity index (χ0n) is 8.94. The van der Waals surface area contributed by atoms with Crippen molar-refractivity contribution in [3.8, 4) is 0 Å². The first-order valence-corrected chi connectivity index (χ1v) is 5.39. The van der Waals surface area contributed by atoms with E-state index in [9.17, 15) is 0 Å². The Morgan fingerprint density at radius 1 is 1.25 bits per heavy atom. The summed E-state index contributed by atoms with van der Waals surface area (Å²) in [7, 11) is 0. The maximum absolute atomic E-state index is 5.98. The number of hydrogen-bond acceptors (Lipinski definition) is 3. The molecule has 82 valence electrons. The zero-order chi connectivity index (χ0) is 11.4. The smallest absolute Gasteiger partial charge is 0.145 e. The van der Waals surface area contributed by atoms with Crippen LogP contribution in [0.4, 0.5) is 5.82 Å². The lowest BCUT2D eigenvalue weighted by Crippen LogP contribution is -2.02. The summed E-state index contributed by atoms with van der Waals surface area (Å²) in [6, 6.07) is 7.63. The number of pyridine rings is 2. The minimum absolute atomic E-state index is 0.627. The molecule has 2 heterocycles. The van der Waals surface area contributed by atoms with Crippen molar-refractivity contribution in [2.45, 2.75) is 13.5 Å². The molecule has 2 aromatic heterocycles. The van der Waals surface area contributed by atoms with Crippen LogP contribution in [0.1, 0.15) is 11.3 Å². The molecule has 0 atom stereocenters. The number of aryl methyl sites for hydroxylation is 1. The van der Waals surface area contributed by atoms with E-state index < -0.39 is 0 Å². The lowest BCUT2D eigenvalue weighted by atomic mass is 10.2. The SMILES string of the molecule is Cc1ccc(CNc2ncccc2Cl)cn1. The average Bonchev–Trinajstić information content (AvgIpc) is 2.30. The van der Waals surface area contributed by atoms with E-state index in [4.69, 9.17) is 11.6 Å². The van der Waals surface area contributed by atoms with Crippen LogP contribution in [0.3, 0.4) is 0 Å². The van der Waals surface area contributed by atoms with E-state index in [1.54, 1.807) is 12.3 Å². The Hall–Kier alpha value is -1.61. The second-order valence-electron chi connectivity index (χ2n) is 3.50. The summed E-state index contributed by atoms with van der Waals surface area (Å²) in [5.74, 6) is 0.699. The molecule has 0 fully saturated rings. The Kier molecular flexibility index (Phi) is 3.37. The van der Waals surface area contributed by atoms with Gasteiger partial charge in [0.15, 0.2) is 0 Å². The van der Waals surface area contributed by atoms with Gasteiger partial charge in [-0.2, -0.15) is 0 Å². The highest BCUT2D eigenvalue weighted by Crippen LogP contribution is 2.17. The number of hydrogen-bond donors (Lipinski definition) is 1. The van der Waals surface area contributed by atoms with Crippen LogP contribution in [0.5, 0.6) is 0 Å². The third-order valence-corrected chi connectivity index (χ3v) is 2.50. The molecule has 0 saturated carbocycles. The molecule has 0 spiro atoms. The van der Waals surface area contributed by atoms with Gasteiger partial charge in [-0.1, -0.05) is 17.7 Å². The lowest BCUT2D eigenvalue weighted by Gasteiger charge is -2.06. The van der Waals surface area contributed by atoms with Crippen LogP contribution < -0.4 is 5.32 Å². The highest BCUT2D eigenvalue weighted by Gasteiger charge is 1.99. The molecule has 0 amide bonds. The molecule has 0 aromatic carbocycles. The molecule has 0 aliphatic carbocycles. The van der Waals surface area contributed by atoms with Gasteiger partial charge in [0.25, 0.3) is 0 Å². The van der Waals surface area contributed by atoms with Crippen molar-refractivity contribution in [3.05, 3.63) is 52.9 Å². The number of nitrogens with one attached hydrogen (secondary N) is 1. The van der Waals surface area contributed by atoms with Gasteiger partial charge in [-0.15, -0.1) is 0 Å². The van der Waals surface area contributed by atoms with Crippen molar-refractivity contribution in [3.63, 3.8) is 0 Å². The molecule has 1 N–H and O–H groups in total. The normalized spacial score (nSPS) is 10.1. The van der Waals surface area contributed by atoms with Gasteiger partial charge in [-0.05, 0) is 30.7 Å². The number of aromatic nitrogens is 2. The van der Waals surface area contributed by atoms with Gasteiger partial charge in [-0.3, -0.25) is 4.98 Å². The molecule has 0 saturated heterocycles. The van der Waals surface area contributed by atoms with Crippen molar-refractivity contribution in [2.75, 3.05) is 5.32 Å². The number of halogens is 1. The summed E-state index contributed by atoms with van der Waals surface area (Å²) in [5.41, 5.74) is 2.12. The fourth-order valence-electron chi connectivity index (χ4n) is 1.30. The summed E-state index contributed by atoms with van der Waals surface area (Å²) < 4.78 is 0. The quantitative estimate of drug-likeness (QED) is 0.886. The third-order valence-electron chi connectivity index (χ3n) is 2.19. The predicted molar refractivity (Wildman–Crippen MR) is 65.5 cm³/mol. The van der Waals surface area contributed by atoms with Crippen LogP contribution >= 0.6 is 11.6 Å². The summed E-state index contributed by atoms with van der Waals surface area (Å²) in [6.07, 6.45) is 3.56. The zero-order valence-corrected chi connectivity index (χ0v) is 9.70. The fraction of sp³-hybridized carbons (Fsp3) is 0.167. The second kappa shape index (κ2) is 4.94. The van der Waals surface area contributed by atoms with Gasteiger partial charge in [0.1, 0.15) is 5.82 Å². The molecule has 16 heavy (non-hydrogen) atoms. The summed E-state index contributed by atoms with van der Waals surface area (Å²) in [4.78, 5) is 8.37. The molecule has 0 radical (unpaired) electrons. The van der Waals surface area contributed by atoms with Crippen LogP contribution in [0.2, 0.25) is 5.02 Å². The fourth-order valence-corrected chi connectivity index (χ4v) is 1.49. The van der Waals surface area contributed by atoms with E-state index in [1.165, 1.54) is 0 Å². The van der Waals surface area contributed by atoms with Gasteiger partial charge in [0.05, 0.1) is 5.02 Å². The van der Waals surface area contributed by atoms with Gasteiger partial charge in [0, 0.05) is 24.6 Å². The summed E-state index contributed by atoms with van der Waals surface area (Å²) in [6.45, 7) is 2.64. The maximum Gasteiger partial charge on any atom is 0.145 e. The van der Waals surface area contributed by atoms with Crippen LogP contribution in [0.25, 0.3) is 0 Å². The molecule has 0 aliphatic heterocycles. The van der Waals surface area contributed by atoms with E-state index >= 15 is 0 Å². The summed E-state index contributed by atoms with van der Waals surface area (Å²) in [5, 5.41) is 3.79. The molecule has 0 bridgehead atoms. The van der Waals surface area contributed by atoms with Crippen molar-refractivity contribution in [2.24, 2.45) is 0 Å². The van der Waals surface area contributed by atoms with Crippen LogP contribution in [-0.2, 0) is 6.54 Å².